The van der Waals surface area contributed by atoms with Crippen LogP contribution in [0.3, 0.4) is 0 Å². The first-order valence-electron chi connectivity index (χ1n) is 6.09. The lowest BCUT2D eigenvalue weighted by molar-refractivity contribution is -0.117. The Kier molecular flexibility index (Phi) is 4.96. The maximum atomic E-state index is 11.9. The second kappa shape index (κ2) is 6.49. The SMILES string of the molecule is O=C(CN1CCC[C@H]1CO)Nc1cccc(I)c1. The second-order valence-corrected chi connectivity index (χ2v) is 5.75. The van der Waals surface area contributed by atoms with Crippen molar-refractivity contribution in [1.29, 1.82) is 0 Å². The number of hydrogen-bond acceptors (Lipinski definition) is 3. The van der Waals surface area contributed by atoms with Crippen LogP contribution in [0.15, 0.2) is 24.3 Å². The van der Waals surface area contributed by atoms with Crippen LogP contribution in [0.25, 0.3) is 0 Å². The van der Waals surface area contributed by atoms with Crippen LogP contribution in [0, 0.1) is 3.57 Å². The first-order chi connectivity index (χ1) is 8.69. The molecule has 1 heterocycles. The van der Waals surface area contributed by atoms with Crippen molar-refractivity contribution in [2.75, 3.05) is 25.0 Å². The molecule has 2 N–H and O–H groups in total. The molecule has 0 saturated carbocycles. The Morgan fingerprint density at radius 2 is 2.39 bits per heavy atom. The molecule has 98 valence electrons. The van der Waals surface area contributed by atoms with Gasteiger partial charge in [0.05, 0.1) is 13.2 Å². The van der Waals surface area contributed by atoms with Gasteiger partial charge in [-0.1, -0.05) is 6.07 Å². The van der Waals surface area contributed by atoms with Gasteiger partial charge in [0.2, 0.25) is 5.91 Å². The molecule has 0 aliphatic carbocycles. The largest absolute Gasteiger partial charge is 0.395 e. The minimum absolute atomic E-state index is 0.0163. The first kappa shape index (κ1) is 13.8. The van der Waals surface area contributed by atoms with Gasteiger partial charge in [-0.2, -0.15) is 0 Å². The zero-order valence-electron chi connectivity index (χ0n) is 10.1. The van der Waals surface area contributed by atoms with E-state index >= 15 is 0 Å². The summed E-state index contributed by atoms with van der Waals surface area (Å²) in [5.41, 5.74) is 0.826. The highest BCUT2D eigenvalue weighted by atomic mass is 127. The van der Waals surface area contributed by atoms with Crippen LogP contribution in [0.2, 0.25) is 0 Å². The molecule has 1 aliphatic heterocycles. The molecule has 18 heavy (non-hydrogen) atoms. The first-order valence-corrected chi connectivity index (χ1v) is 7.17. The summed E-state index contributed by atoms with van der Waals surface area (Å²) in [7, 11) is 0. The molecular formula is C13H17IN2O2. The molecule has 5 heteroatoms. The van der Waals surface area contributed by atoms with E-state index in [-0.39, 0.29) is 18.6 Å². The van der Waals surface area contributed by atoms with Crippen molar-refractivity contribution in [3.63, 3.8) is 0 Å². The number of halogens is 1. The van der Waals surface area contributed by atoms with Gasteiger partial charge in [-0.3, -0.25) is 9.69 Å². The third-order valence-electron chi connectivity index (χ3n) is 3.16. The summed E-state index contributed by atoms with van der Waals surface area (Å²) in [6, 6.07) is 7.87. The van der Waals surface area contributed by atoms with Gasteiger partial charge in [-0.05, 0) is 60.2 Å². The summed E-state index contributed by atoms with van der Waals surface area (Å²) in [6.07, 6.45) is 2.04. The topological polar surface area (TPSA) is 52.6 Å². The zero-order chi connectivity index (χ0) is 13.0. The van der Waals surface area contributed by atoms with Crippen LogP contribution in [-0.4, -0.2) is 41.7 Å². The van der Waals surface area contributed by atoms with Gasteiger partial charge in [0.25, 0.3) is 0 Å². The van der Waals surface area contributed by atoms with E-state index in [4.69, 9.17) is 0 Å². The quantitative estimate of drug-likeness (QED) is 0.804. The zero-order valence-corrected chi connectivity index (χ0v) is 12.3. The average Bonchev–Trinajstić information content (AvgIpc) is 2.76. The molecule has 0 aromatic heterocycles. The van der Waals surface area contributed by atoms with Crippen LogP contribution in [0.1, 0.15) is 12.8 Å². The van der Waals surface area contributed by atoms with E-state index in [1.54, 1.807) is 0 Å². The van der Waals surface area contributed by atoms with Crippen molar-refractivity contribution in [1.82, 2.24) is 4.90 Å². The molecular weight excluding hydrogens is 343 g/mol. The van der Waals surface area contributed by atoms with E-state index in [1.165, 1.54) is 0 Å². The monoisotopic (exact) mass is 360 g/mol. The maximum Gasteiger partial charge on any atom is 0.238 e. The molecule has 0 spiro atoms. The molecule has 1 amide bonds. The lowest BCUT2D eigenvalue weighted by Gasteiger charge is -2.21. The van der Waals surface area contributed by atoms with Gasteiger partial charge in [0.15, 0.2) is 0 Å². The van der Waals surface area contributed by atoms with Gasteiger partial charge < -0.3 is 10.4 Å². The van der Waals surface area contributed by atoms with Crippen molar-refractivity contribution < 1.29 is 9.90 Å². The predicted octanol–water partition coefficient (Wildman–Crippen LogP) is 1.69. The summed E-state index contributed by atoms with van der Waals surface area (Å²) in [6.45, 7) is 1.39. The molecule has 1 aliphatic rings. The van der Waals surface area contributed by atoms with Gasteiger partial charge in [0.1, 0.15) is 0 Å². The Bertz CT molecular complexity index is 425. The van der Waals surface area contributed by atoms with Crippen molar-refractivity contribution in [2.45, 2.75) is 18.9 Å². The van der Waals surface area contributed by atoms with Crippen LogP contribution in [0.4, 0.5) is 5.69 Å². The molecule has 0 unspecified atom stereocenters. The Morgan fingerprint density at radius 1 is 1.56 bits per heavy atom. The molecule has 1 fully saturated rings. The molecule has 0 bridgehead atoms. The highest BCUT2D eigenvalue weighted by Crippen LogP contribution is 2.17. The average molecular weight is 360 g/mol. The standard InChI is InChI=1S/C13H17IN2O2/c14-10-3-1-4-11(7-10)15-13(18)8-16-6-2-5-12(16)9-17/h1,3-4,7,12,17H,2,5-6,8-9H2,(H,15,18)/t12-/m0/s1. The normalized spacial score (nSPS) is 20.0. The molecule has 1 aromatic rings. The summed E-state index contributed by atoms with van der Waals surface area (Å²) in [5, 5.41) is 12.1. The highest BCUT2D eigenvalue weighted by molar-refractivity contribution is 14.1. The number of nitrogens with one attached hydrogen (secondary N) is 1. The number of anilines is 1. The van der Waals surface area contributed by atoms with E-state index in [1.807, 2.05) is 29.2 Å². The number of aliphatic hydroxyl groups is 1. The van der Waals surface area contributed by atoms with Crippen LogP contribution >= 0.6 is 22.6 Å². The molecule has 1 aromatic carbocycles. The van der Waals surface area contributed by atoms with E-state index in [0.717, 1.165) is 28.6 Å². The molecule has 1 atom stereocenters. The smallest absolute Gasteiger partial charge is 0.238 e. The van der Waals surface area contributed by atoms with Crippen LogP contribution in [0.5, 0.6) is 0 Å². The molecule has 4 nitrogen and oxygen atoms in total. The summed E-state index contributed by atoms with van der Waals surface area (Å²) >= 11 is 2.22. The van der Waals surface area contributed by atoms with Gasteiger partial charge in [0, 0.05) is 15.3 Å². The summed E-state index contributed by atoms with van der Waals surface area (Å²) in [4.78, 5) is 13.9. The Balaban J connectivity index is 1.89. The fourth-order valence-electron chi connectivity index (χ4n) is 2.26. The minimum Gasteiger partial charge on any atom is -0.395 e. The third-order valence-corrected chi connectivity index (χ3v) is 3.84. The third kappa shape index (κ3) is 3.66. The Morgan fingerprint density at radius 3 is 3.11 bits per heavy atom. The number of rotatable bonds is 4. The number of aliphatic hydroxyl groups excluding tert-OH is 1. The number of carbonyl (C=O) groups excluding carboxylic acids is 1. The van der Waals surface area contributed by atoms with Crippen LogP contribution < -0.4 is 5.32 Å². The van der Waals surface area contributed by atoms with E-state index in [2.05, 4.69) is 27.9 Å². The number of hydrogen-bond donors (Lipinski definition) is 2. The Labute approximate surface area is 121 Å². The summed E-state index contributed by atoms with van der Waals surface area (Å²) < 4.78 is 1.10. The van der Waals surface area contributed by atoms with Crippen LogP contribution in [-0.2, 0) is 4.79 Å². The number of amides is 1. The van der Waals surface area contributed by atoms with Crippen molar-refractivity contribution in [3.05, 3.63) is 27.8 Å². The summed E-state index contributed by atoms with van der Waals surface area (Å²) in [5.74, 6) is -0.0163. The van der Waals surface area contributed by atoms with Gasteiger partial charge >= 0.3 is 0 Å². The highest BCUT2D eigenvalue weighted by Gasteiger charge is 2.25. The maximum absolute atomic E-state index is 11.9. The number of likely N-dealkylation sites (tertiary alicyclic amines) is 1. The van der Waals surface area contributed by atoms with Gasteiger partial charge in [-0.25, -0.2) is 0 Å². The fourth-order valence-corrected chi connectivity index (χ4v) is 2.80. The van der Waals surface area contributed by atoms with E-state index < -0.39 is 0 Å². The van der Waals surface area contributed by atoms with Crippen molar-refractivity contribution >= 4 is 34.2 Å². The number of benzene rings is 1. The lowest BCUT2D eigenvalue weighted by Crippen LogP contribution is -2.38. The lowest BCUT2D eigenvalue weighted by atomic mass is 10.2. The molecule has 1 saturated heterocycles. The molecule has 2 rings (SSSR count). The van der Waals surface area contributed by atoms with Crippen molar-refractivity contribution in [2.24, 2.45) is 0 Å². The predicted molar refractivity (Wildman–Crippen MR) is 79.5 cm³/mol. The second-order valence-electron chi connectivity index (χ2n) is 4.51. The number of nitrogens with zero attached hydrogens (tertiary/aromatic N) is 1. The van der Waals surface area contributed by atoms with Gasteiger partial charge in [-0.15, -0.1) is 0 Å². The fraction of sp³-hybridized carbons (Fsp3) is 0.462. The minimum atomic E-state index is -0.0163. The molecule has 0 radical (unpaired) electrons. The van der Waals surface area contributed by atoms with Crippen molar-refractivity contribution in [3.8, 4) is 0 Å². The number of carbonyl (C=O) groups is 1. The van der Waals surface area contributed by atoms with E-state index in [0.29, 0.717) is 6.54 Å². The Hall–Kier alpha value is -0.660. The van der Waals surface area contributed by atoms with E-state index in [9.17, 15) is 9.90 Å².